The first kappa shape index (κ1) is 18.8. The summed E-state index contributed by atoms with van der Waals surface area (Å²) >= 11 is 0. The van der Waals surface area contributed by atoms with Crippen LogP contribution in [0.5, 0.6) is 11.5 Å². The topological polar surface area (TPSA) is 87.1 Å². The summed E-state index contributed by atoms with van der Waals surface area (Å²) in [5, 5.41) is 19.6. The molecule has 0 saturated carbocycles. The number of amides is 1. The van der Waals surface area contributed by atoms with Gasteiger partial charge in [0.2, 0.25) is 0 Å². The van der Waals surface area contributed by atoms with E-state index in [0.29, 0.717) is 5.56 Å². The fraction of sp³-hybridized carbons (Fsp3) is 0.333. The number of rotatable bonds is 4. The van der Waals surface area contributed by atoms with Gasteiger partial charge in [-0.3, -0.25) is 4.79 Å². The van der Waals surface area contributed by atoms with E-state index in [9.17, 15) is 19.8 Å². The molecular weight excluding hydrogens is 346 g/mol. The summed E-state index contributed by atoms with van der Waals surface area (Å²) in [6, 6.07) is 10.9. The van der Waals surface area contributed by atoms with Crippen molar-refractivity contribution in [2.45, 2.75) is 32.2 Å². The van der Waals surface area contributed by atoms with Gasteiger partial charge < -0.3 is 19.8 Å². The van der Waals surface area contributed by atoms with E-state index in [-0.39, 0.29) is 23.3 Å². The van der Waals surface area contributed by atoms with Crippen molar-refractivity contribution in [1.29, 1.82) is 0 Å². The number of phenolic OH excluding ortho intramolecular Hbond substituents is 2. The molecule has 2 aromatic carbocycles. The largest absolute Gasteiger partial charge is 0.504 e. The van der Waals surface area contributed by atoms with Crippen LogP contribution in [0.2, 0.25) is 0 Å². The zero-order valence-corrected chi connectivity index (χ0v) is 15.4. The standard InChI is InChI=1S/C21H23NO5/c1-13-10-11-16(20(25)19(13)24)21(26)27-12-18(23)22(2)17-9-5-7-14-6-3-4-8-15(14)17/h3-4,6,8,10-11,17,24-25H,5,7,9,12H2,1-2H3. The predicted octanol–water partition coefficient (Wildman–Crippen LogP) is 3.10. The highest BCUT2D eigenvalue weighted by Crippen LogP contribution is 2.34. The highest BCUT2D eigenvalue weighted by Gasteiger charge is 2.27. The summed E-state index contributed by atoms with van der Waals surface area (Å²) in [5.41, 5.74) is 2.64. The van der Waals surface area contributed by atoms with Crippen molar-refractivity contribution in [2.75, 3.05) is 13.7 Å². The number of likely N-dealkylation sites (N-methyl/N-ethyl adjacent to an activating group) is 1. The van der Waals surface area contributed by atoms with Crippen LogP contribution in [0, 0.1) is 6.92 Å². The number of aryl methyl sites for hydroxylation is 2. The molecule has 0 spiro atoms. The van der Waals surface area contributed by atoms with Crippen molar-refractivity contribution in [2.24, 2.45) is 0 Å². The minimum absolute atomic E-state index is 0.0435. The van der Waals surface area contributed by atoms with E-state index >= 15 is 0 Å². The summed E-state index contributed by atoms with van der Waals surface area (Å²) in [6.45, 7) is 1.17. The van der Waals surface area contributed by atoms with Crippen LogP contribution in [0.3, 0.4) is 0 Å². The number of carbonyl (C=O) groups is 2. The summed E-state index contributed by atoms with van der Waals surface area (Å²) < 4.78 is 5.06. The lowest BCUT2D eigenvalue weighted by Gasteiger charge is -2.33. The first-order chi connectivity index (χ1) is 12.9. The Morgan fingerprint density at radius 2 is 1.89 bits per heavy atom. The van der Waals surface area contributed by atoms with Crippen LogP contribution in [0.25, 0.3) is 0 Å². The third kappa shape index (κ3) is 3.74. The van der Waals surface area contributed by atoms with Gasteiger partial charge in [0, 0.05) is 7.05 Å². The Kier molecular flexibility index (Phi) is 5.35. The van der Waals surface area contributed by atoms with Gasteiger partial charge in [-0.15, -0.1) is 0 Å². The number of phenols is 2. The summed E-state index contributed by atoms with van der Waals surface area (Å²) in [4.78, 5) is 26.3. The molecule has 2 N–H and O–H groups in total. The Labute approximate surface area is 158 Å². The van der Waals surface area contributed by atoms with Crippen LogP contribution >= 0.6 is 0 Å². The van der Waals surface area contributed by atoms with Crippen molar-refractivity contribution in [3.8, 4) is 11.5 Å². The molecule has 1 amide bonds. The van der Waals surface area contributed by atoms with Gasteiger partial charge in [-0.05, 0) is 48.9 Å². The van der Waals surface area contributed by atoms with Gasteiger partial charge in [0.25, 0.3) is 5.91 Å². The molecule has 0 saturated heterocycles. The Balaban J connectivity index is 1.66. The van der Waals surface area contributed by atoms with Crippen LogP contribution in [0.1, 0.15) is 45.9 Å². The minimum atomic E-state index is -0.853. The molecule has 0 fully saturated rings. The quantitative estimate of drug-likeness (QED) is 0.639. The van der Waals surface area contributed by atoms with Crippen molar-refractivity contribution in [1.82, 2.24) is 4.90 Å². The lowest BCUT2D eigenvalue weighted by Crippen LogP contribution is -2.36. The van der Waals surface area contributed by atoms with Crippen LogP contribution in [0.4, 0.5) is 0 Å². The molecule has 142 valence electrons. The summed E-state index contributed by atoms with van der Waals surface area (Å²) in [6.07, 6.45) is 2.86. The molecule has 6 nitrogen and oxygen atoms in total. The summed E-state index contributed by atoms with van der Waals surface area (Å²) in [5.74, 6) is -2.08. The molecule has 0 aliphatic heterocycles. The minimum Gasteiger partial charge on any atom is -0.504 e. The first-order valence-corrected chi connectivity index (χ1v) is 8.92. The maximum atomic E-state index is 12.5. The fourth-order valence-corrected chi connectivity index (χ4v) is 3.46. The number of hydrogen-bond donors (Lipinski definition) is 2. The number of nitrogens with zero attached hydrogens (tertiary/aromatic N) is 1. The lowest BCUT2D eigenvalue weighted by atomic mass is 9.87. The second kappa shape index (κ2) is 7.70. The average molecular weight is 369 g/mol. The van der Waals surface area contributed by atoms with Crippen LogP contribution in [-0.2, 0) is 16.0 Å². The van der Waals surface area contributed by atoms with E-state index in [1.54, 1.807) is 18.9 Å². The lowest BCUT2D eigenvalue weighted by molar-refractivity contribution is -0.135. The third-order valence-corrected chi connectivity index (χ3v) is 5.10. The second-order valence-electron chi connectivity index (χ2n) is 6.81. The van der Waals surface area contributed by atoms with Gasteiger partial charge >= 0.3 is 5.97 Å². The van der Waals surface area contributed by atoms with Crippen molar-refractivity contribution in [3.63, 3.8) is 0 Å². The first-order valence-electron chi connectivity index (χ1n) is 8.92. The molecule has 1 aliphatic carbocycles. The number of aromatic hydroxyl groups is 2. The monoisotopic (exact) mass is 369 g/mol. The van der Waals surface area contributed by atoms with E-state index in [2.05, 4.69) is 6.07 Å². The van der Waals surface area contributed by atoms with E-state index in [1.807, 2.05) is 18.2 Å². The van der Waals surface area contributed by atoms with Gasteiger partial charge in [-0.2, -0.15) is 0 Å². The van der Waals surface area contributed by atoms with Crippen LogP contribution < -0.4 is 0 Å². The highest BCUT2D eigenvalue weighted by molar-refractivity contribution is 5.95. The number of carbonyl (C=O) groups excluding carboxylic acids is 2. The highest BCUT2D eigenvalue weighted by atomic mass is 16.5. The maximum Gasteiger partial charge on any atom is 0.342 e. The Morgan fingerprint density at radius 1 is 1.15 bits per heavy atom. The molecular formula is C21H23NO5. The Hall–Kier alpha value is -3.02. The number of benzene rings is 2. The fourth-order valence-electron chi connectivity index (χ4n) is 3.46. The van der Waals surface area contributed by atoms with Crippen molar-refractivity contribution < 1.29 is 24.5 Å². The Bertz CT molecular complexity index is 877. The van der Waals surface area contributed by atoms with E-state index in [1.165, 1.54) is 17.7 Å². The van der Waals surface area contributed by atoms with Gasteiger partial charge in [-0.1, -0.05) is 30.3 Å². The van der Waals surface area contributed by atoms with Gasteiger partial charge in [0.05, 0.1) is 6.04 Å². The molecule has 0 radical (unpaired) electrons. The Morgan fingerprint density at radius 3 is 2.67 bits per heavy atom. The molecule has 0 aromatic heterocycles. The van der Waals surface area contributed by atoms with Crippen LogP contribution in [0.15, 0.2) is 36.4 Å². The van der Waals surface area contributed by atoms with Crippen molar-refractivity contribution in [3.05, 3.63) is 58.7 Å². The van der Waals surface area contributed by atoms with E-state index < -0.39 is 18.3 Å². The van der Waals surface area contributed by atoms with Gasteiger partial charge in [-0.25, -0.2) is 4.79 Å². The maximum absolute atomic E-state index is 12.5. The van der Waals surface area contributed by atoms with Crippen molar-refractivity contribution >= 4 is 11.9 Å². The normalized spacial score (nSPS) is 15.7. The average Bonchev–Trinajstić information content (AvgIpc) is 2.69. The number of ether oxygens (including phenoxy) is 1. The third-order valence-electron chi connectivity index (χ3n) is 5.10. The second-order valence-corrected chi connectivity index (χ2v) is 6.81. The molecule has 1 aliphatic rings. The molecule has 3 rings (SSSR count). The van der Waals surface area contributed by atoms with Gasteiger partial charge in [0.1, 0.15) is 5.56 Å². The molecule has 0 bridgehead atoms. The molecule has 6 heteroatoms. The molecule has 1 unspecified atom stereocenters. The molecule has 0 heterocycles. The molecule has 2 aromatic rings. The zero-order valence-electron chi connectivity index (χ0n) is 15.4. The molecule has 1 atom stereocenters. The van der Waals surface area contributed by atoms with Gasteiger partial charge in [0.15, 0.2) is 18.1 Å². The SMILES string of the molecule is Cc1ccc(C(=O)OCC(=O)N(C)C2CCCc3ccccc32)c(O)c1O. The zero-order chi connectivity index (χ0) is 19.6. The number of fused-ring (bicyclic) bond motifs is 1. The number of esters is 1. The summed E-state index contributed by atoms with van der Waals surface area (Å²) in [7, 11) is 1.71. The predicted molar refractivity (Wildman–Crippen MR) is 99.7 cm³/mol. The molecule has 27 heavy (non-hydrogen) atoms. The van der Waals surface area contributed by atoms with E-state index in [4.69, 9.17) is 4.74 Å². The smallest absolute Gasteiger partial charge is 0.342 e. The van der Waals surface area contributed by atoms with E-state index in [0.717, 1.165) is 24.8 Å². The van der Waals surface area contributed by atoms with Crippen LogP contribution in [-0.4, -0.2) is 40.6 Å². The number of hydrogen-bond acceptors (Lipinski definition) is 5.